The second-order valence-corrected chi connectivity index (χ2v) is 6.96. The van der Waals surface area contributed by atoms with Gasteiger partial charge in [0.15, 0.2) is 0 Å². The van der Waals surface area contributed by atoms with Crippen molar-refractivity contribution < 1.29 is 9.90 Å². The molecule has 0 aliphatic heterocycles. The van der Waals surface area contributed by atoms with Gasteiger partial charge in [0.25, 0.3) is 5.91 Å². The molecule has 0 aromatic heterocycles. The van der Waals surface area contributed by atoms with Gasteiger partial charge in [-0.05, 0) is 60.7 Å². The molecule has 24 heavy (non-hydrogen) atoms. The van der Waals surface area contributed by atoms with Gasteiger partial charge in [0.1, 0.15) is 5.75 Å². The zero-order valence-corrected chi connectivity index (χ0v) is 14.9. The minimum Gasteiger partial charge on any atom is -0.508 e. The average molecular weight is 343 g/mol. The summed E-state index contributed by atoms with van der Waals surface area (Å²) in [6.45, 7) is 2.23. The number of anilines is 1. The molecule has 0 spiro atoms. The van der Waals surface area contributed by atoms with Crippen LogP contribution in [0.2, 0.25) is 0 Å². The summed E-state index contributed by atoms with van der Waals surface area (Å²) in [6.07, 6.45) is 6.48. The van der Waals surface area contributed by atoms with Crippen LogP contribution in [0.3, 0.4) is 0 Å². The predicted octanol–water partition coefficient (Wildman–Crippen LogP) is 5.71. The summed E-state index contributed by atoms with van der Waals surface area (Å²) in [4.78, 5) is 13.4. The van der Waals surface area contributed by atoms with E-state index in [4.69, 9.17) is 0 Å². The van der Waals surface area contributed by atoms with E-state index in [-0.39, 0.29) is 11.7 Å². The Labute approximate surface area is 148 Å². The highest BCUT2D eigenvalue weighted by molar-refractivity contribution is 7.99. The molecule has 0 atom stereocenters. The topological polar surface area (TPSA) is 49.3 Å². The molecule has 4 heteroatoms. The van der Waals surface area contributed by atoms with Crippen molar-refractivity contribution in [1.82, 2.24) is 0 Å². The van der Waals surface area contributed by atoms with Crippen molar-refractivity contribution in [3.8, 4) is 5.75 Å². The second-order valence-electron chi connectivity index (χ2n) is 5.79. The lowest BCUT2D eigenvalue weighted by molar-refractivity contribution is 0.102. The predicted molar refractivity (Wildman–Crippen MR) is 102 cm³/mol. The first-order chi connectivity index (χ1) is 11.7. The summed E-state index contributed by atoms with van der Waals surface area (Å²) in [7, 11) is 0. The number of amides is 1. The van der Waals surface area contributed by atoms with Crippen LogP contribution in [-0.4, -0.2) is 16.8 Å². The highest BCUT2D eigenvalue weighted by Crippen LogP contribution is 2.21. The van der Waals surface area contributed by atoms with Gasteiger partial charge in [-0.1, -0.05) is 32.6 Å². The number of unbranched alkanes of at least 4 members (excludes halogenated alkanes) is 4. The number of hydrogen-bond donors (Lipinski definition) is 2. The Morgan fingerprint density at radius 2 is 1.62 bits per heavy atom. The molecule has 3 nitrogen and oxygen atoms in total. The summed E-state index contributed by atoms with van der Waals surface area (Å²) >= 11 is 1.84. The summed E-state index contributed by atoms with van der Waals surface area (Å²) in [5.74, 6) is 1.17. The number of hydrogen-bond acceptors (Lipinski definition) is 3. The van der Waals surface area contributed by atoms with E-state index >= 15 is 0 Å². The Balaban J connectivity index is 1.78. The largest absolute Gasteiger partial charge is 0.508 e. The van der Waals surface area contributed by atoms with Crippen LogP contribution in [0.4, 0.5) is 5.69 Å². The maximum atomic E-state index is 12.2. The first-order valence-electron chi connectivity index (χ1n) is 8.52. The number of phenolic OH excluding ortho intramolecular Hbond substituents is 1. The van der Waals surface area contributed by atoms with Gasteiger partial charge in [0.05, 0.1) is 0 Å². The fourth-order valence-electron chi connectivity index (χ4n) is 2.35. The van der Waals surface area contributed by atoms with E-state index < -0.39 is 0 Å². The molecule has 0 saturated heterocycles. The number of nitrogens with one attached hydrogen (secondary N) is 1. The average Bonchev–Trinajstić information content (AvgIpc) is 2.60. The van der Waals surface area contributed by atoms with E-state index in [1.807, 2.05) is 36.0 Å². The Morgan fingerprint density at radius 3 is 2.29 bits per heavy atom. The molecular weight excluding hydrogens is 318 g/mol. The Kier molecular flexibility index (Phi) is 7.69. The van der Waals surface area contributed by atoms with Crippen molar-refractivity contribution >= 4 is 23.4 Å². The van der Waals surface area contributed by atoms with Gasteiger partial charge in [-0.3, -0.25) is 4.79 Å². The minimum atomic E-state index is -0.142. The molecule has 0 heterocycles. The third-order valence-electron chi connectivity index (χ3n) is 3.76. The highest BCUT2D eigenvalue weighted by Gasteiger charge is 2.06. The number of rotatable bonds is 9. The standard InChI is InChI=1S/C20H25NO2S/c1-2-3-4-5-6-15-24-19-13-7-16(8-14-19)20(23)21-17-9-11-18(22)12-10-17/h7-14,22H,2-6,15H2,1H3,(H,21,23). The summed E-state index contributed by atoms with van der Waals surface area (Å²) in [5.41, 5.74) is 1.30. The van der Waals surface area contributed by atoms with E-state index in [0.29, 0.717) is 11.3 Å². The molecule has 2 aromatic carbocycles. The zero-order valence-electron chi connectivity index (χ0n) is 14.1. The minimum absolute atomic E-state index is 0.142. The lowest BCUT2D eigenvalue weighted by Gasteiger charge is -2.06. The number of carbonyl (C=O) groups is 1. The van der Waals surface area contributed by atoms with E-state index in [1.54, 1.807) is 24.3 Å². The van der Waals surface area contributed by atoms with Crippen molar-refractivity contribution in [2.45, 2.75) is 43.9 Å². The first-order valence-corrected chi connectivity index (χ1v) is 9.51. The molecule has 0 radical (unpaired) electrons. The maximum Gasteiger partial charge on any atom is 0.255 e. The summed E-state index contributed by atoms with van der Waals surface area (Å²) in [6, 6.07) is 14.2. The number of thioether (sulfide) groups is 1. The van der Waals surface area contributed by atoms with E-state index in [1.165, 1.54) is 37.0 Å². The van der Waals surface area contributed by atoms with Gasteiger partial charge in [0.2, 0.25) is 0 Å². The molecule has 0 saturated carbocycles. The van der Waals surface area contributed by atoms with Gasteiger partial charge < -0.3 is 10.4 Å². The molecule has 0 unspecified atom stereocenters. The molecule has 2 rings (SSSR count). The third-order valence-corrected chi connectivity index (χ3v) is 4.86. The Bertz CT molecular complexity index is 623. The fraction of sp³-hybridized carbons (Fsp3) is 0.350. The SMILES string of the molecule is CCCCCCCSc1ccc(C(=O)Nc2ccc(O)cc2)cc1. The molecule has 2 aromatic rings. The molecular formula is C20H25NO2S. The van der Waals surface area contributed by atoms with Crippen LogP contribution in [0.5, 0.6) is 5.75 Å². The van der Waals surface area contributed by atoms with Crippen molar-refractivity contribution in [3.05, 3.63) is 54.1 Å². The van der Waals surface area contributed by atoms with Gasteiger partial charge in [-0.15, -0.1) is 11.8 Å². The lowest BCUT2D eigenvalue weighted by atomic mass is 10.2. The lowest BCUT2D eigenvalue weighted by Crippen LogP contribution is -2.11. The summed E-state index contributed by atoms with van der Waals surface area (Å²) < 4.78 is 0. The number of phenols is 1. The van der Waals surface area contributed by atoms with Crippen molar-refractivity contribution in [2.75, 3.05) is 11.1 Å². The van der Waals surface area contributed by atoms with Gasteiger partial charge in [-0.2, -0.15) is 0 Å². The molecule has 1 amide bonds. The Hall–Kier alpha value is -1.94. The highest BCUT2D eigenvalue weighted by atomic mass is 32.2. The van der Waals surface area contributed by atoms with Crippen LogP contribution in [-0.2, 0) is 0 Å². The monoisotopic (exact) mass is 343 g/mol. The van der Waals surface area contributed by atoms with Crippen LogP contribution in [0.15, 0.2) is 53.4 Å². The van der Waals surface area contributed by atoms with Gasteiger partial charge in [-0.25, -0.2) is 0 Å². The van der Waals surface area contributed by atoms with Crippen molar-refractivity contribution in [3.63, 3.8) is 0 Å². The maximum absolute atomic E-state index is 12.2. The fourth-order valence-corrected chi connectivity index (χ4v) is 3.26. The first kappa shape index (κ1) is 18.4. The molecule has 128 valence electrons. The molecule has 0 fully saturated rings. The number of aromatic hydroxyl groups is 1. The van der Waals surface area contributed by atoms with Crippen LogP contribution in [0.1, 0.15) is 49.4 Å². The molecule has 0 aliphatic carbocycles. The van der Waals surface area contributed by atoms with Gasteiger partial charge >= 0.3 is 0 Å². The van der Waals surface area contributed by atoms with Crippen molar-refractivity contribution in [1.29, 1.82) is 0 Å². The second kappa shape index (κ2) is 10.0. The van der Waals surface area contributed by atoms with E-state index in [0.717, 1.165) is 5.75 Å². The molecule has 0 aliphatic rings. The van der Waals surface area contributed by atoms with Crippen molar-refractivity contribution in [2.24, 2.45) is 0 Å². The van der Waals surface area contributed by atoms with Crippen LogP contribution in [0.25, 0.3) is 0 Å². The normalized spacial score (nSPS) is 10.5. The Morgan fingerprint density at radius 1 is 0.958 bits per heavy atom. The van der Waals surface area contributed by atoms with Crippen LogP contribution >= 0.6 is 11.8 Å². The van der Waals surface area contributed by atoms with E-state index in [9.17, 15) is 9.90 Å². The zero-order chi connectivity index (χ0) is 17.2. The van der Waals surface area contributed by atoms with E-state index in [2.05, 4.69) is 12.2 Å². The quantitative estimate of drug-likeness (QED) is 0.348. The number of carbonyl (C=O) groups excluding carboxylic acids is 1. The molecule has 2 N–H and O–H groups in total. The number of benzene rings is 2. The third kappa shape index (κ3) is 6.28. The summed E-state index contributed by atoms with van der Waals surface area (Å²) in [5, 5.41) is 12.1. The van der Waals surface area contributed by atoms with Crippen LogP contribution < -0.4 is 5.32 Å². The smallest absolute Gasteiger partial charge is 0.255 e. The van der Waals surface area contributed by atoms with Crippen LogP contribution in [0, 0.1) is 0 Å². The van der Waals surface area contributed by atoms with Gasteiger partial charge in [0, 0.05) is 16.1 Å². The molecule has 0 bridgehead atoms.